The Morgan fingerprint density at radius 2 is 2.00 bits per heavy atom. The molecule has 0 spiro atoms. The van der Waals surface area contributed by atoms with Gasteiger partial charge in [0.1, 0.15) is 0 Å². The third-order valence-corrected chi connectivity index (χ3v) is 4.33. The van der Waals surface area contributed by atoms with Crippen LogP contribution in [0.2, 0.25) is 0 Å². The molecule has 3 heteroatoms. The number of nitrogens with zero attached hydrogens (tertiary/aromatic N) is 2. The lowest BCUT2D eigenvalue weighted by atomic mass is 9.95. The monoisotopic (exact) mass is 262 g/mol. The van der Waals surface area contributed by atoms with E-state index in [1.165, 1.54) is 40.7 Å². The molecule has 0 saturated heterocycles. The van der Waals surface area contributed by atoms with Crippen molar-refractivity contribution in [1.29, 1.82) is 0 Å². The molecule has 2 aromatic rings. The van der Waals surface area contributed by atoms with Crippen LogP contribution in [0, 0.1) is 0 Å². The van der Waals surface area contributed by atoms with Crippen LogP contribution in [-0.2, 0) is 0 Å². The van der Waals surface area contributed by atoms with Crippen molar-refractivity contribution in [3.05, 3.63) is 23.0 Å². The number of pyridine rings is 1. The Morgan fingerprint density at radius 3 is 2.67 bits per heavy atom. The van der Waals surface area contributed by atoms with Gasteiger partial charge in [-0.2, -0.15) is 0 Å². The Kier molecular flexibility index (Phi) is 4.33. The van der Waals surface area contributed by atoms with E-state index >= 15 is 0 Å². The molecule has 1 atom stereocenters. The third kappa shape index (κ3) is 2.56. The van der Waals surface area contributed by atoms with Crippen molar-refractivity contribution in [2.45, 2.75) is 58.8 Å². The van der Waals surface area contributed by atoms with Crippen LogP contribution in [0.15, 0.2) is 11.7 Å². The van der Waals surface area contributed by atoms with Gasteiger partial charge in [-0.15, -0.1) is 11.3 Å². The highest BCUT2D eigenvalue weighted by Gasteiger charge is 2.16. The summed E-state index contributed by atoms with van der Waals surface area (Å²) in [6.45, 7) is 8.93. The third-order valence-electron chi connectivity index (χ3n) is 3.48. The molecule has 2 nitrogen and oxygen atoms in total. The fourth-order valence-corrected chi connectivity index (χ4v) is 3.28. The Balaban J connectivity index is 2.41. The molecule has 2 heterocycles. The summed E-state index contributed by atoms with van der Waals surface area (Å²) in [5.41, 5.74) is 5.65. The van der Waals surface area contributed by atoms with Crippen LogP contribution in [0.1, 0.15) is 70.1 Å². The molecule has 0 fully saturated rings. The van der Waals surface area contributed by atoms with Crippen LogP contribution in [0.4, 0.5) is 0 Å². The number of unbranched alkanes of at least 4 members (excludes halogenated alkanes) is 1. The quantitative estimate of drug-likeness (QED) is 0.748. The minimum absolute atomic E-state index is 0.466. The van der Waals surface area contributed by atoms with Gasteiger partial charge in [-0.05, 0) is 18.3 Å². The highest BCUT2D eigenvalue weighted by atomic mass is 32.1. The molecule has 0 N–H and O–H groups in total. The Morgan fingerprint density at radius 1 is 1.22 bits per heavy atom. The summed E-state index contributed by atoms with van der Waals surface area (Å²) in [6, 6.07) is 0. The van der Waals surface area contributed by atoms with E-state index in [0.29, 0.717) is 11.8 Å². The predicted molar refractivity (Wildman–Crippen MR) is 79.4 cm³/mol. The molecule has 0 aliphatic heterocycles. The van der Waals surface area contributed by atoms with Gasteiger partial charge in [0.15, 0.2) is 0 Å². The average Bonchev–Trinajstić information content (AvgIpc) is 2.83. The summed E-state index contributed by atoms with van der Waals surface area (Å²) in [7, 11) is 0. The smallest absolute Gasteiger partial charge is 0.0880 e. The van der Waals surface area contributed by atoms with Crippen LogP contribution >= 0.6 is 11.3 Å². The summed E-state index contributed by atoms with van der Waals surface area (Å²) < 4.78 is 1.28. The maximum atomic E-state index is 4.68. The maximum absolute atomic E-state index is 4.68. The Bertz CT molecular complexity index is 516. The fraction of sp³-hybridized carbons (Fsp3) is 0.600. The van der Waals surface area contributed by atoms with Gasteiger partial charge in [0.2, 0.25) is 0 Å². The number of hydrogen-bond donors (Lipinski definition) is 0. The minimum Gasteiger partial charge on any atom is -0.259 e. The molecule has 98 valence electrons. The first kappa shape index (κ1) is 13.5. The highest BCUT2D eigenvalue weighted by molar-refractivity contribution is 7.16. The Hall–Kier alpha value is -0.960. The molecule has 0 bridgehead atoms. The van der Waals surface area contributed by atoms with Crippen LogP contribution in [0.5, 0.6) is 0 Å². The summed E-state index contributed by atoms with van der Waals surface area (Å²) in [5.74, 6) is 1.02. The van der Waals surface area contributed by atoms with Gasteiger partial charge >= 0.3 is 0 Å². The second-order valence-corrected chi connectivity index (χ2v) is 6.18. The van der Waals surface area contributed by atoms with Crippen LogP contribution in [0.3, 0.4) is 0 Å². The molecular formula is C15H22N2S. The van der Waals surface area contributed by atoms with E-state index in [2.05, 4.69) is 43.9 Å². The SMILES string of the molecule is CCCCC(C)c1cnc(C(C)C)c2scnc12. The number of fused-ring (bicyclic) bond motifs is 1. The van der Waals surface area contributed by atoms with Gasteiger partial charge < -0.3 is 0 Å². The zero-order chi connectivity index (χ0) is 13.1. The van der Waals surface area contributed by atoms with Gasteiger partial charge in [0.25, 0.3) is 0 Å². The molecule has 2 aromatic heterocycles. The van der Waals surface area contributed by atoms with Crippen molar-refractivity contribution in [1.82, 2.24) is 9.97 Å². The van der Waals surface area contributed by atoms with Gasteiger partial charge in [0.05, 0.1) is 21.4 Å². The molecule has 0 radical (unpaired) electrons. The van der Waals surface area contributed by atoms with Gasteiger partial charge in [-0.3, -0.25) is 4.98 Å². The normalized spacial score (nSPS) is 13.4. The lowest BCUT2D eigenvalue weighted by molar-refractivity contribution is 0.624. The van der Waals surface area contributed by atoms with Crippen molar-refractivity contribution in [2.24, 2.45) is 0 Å². The van der Waals surface area contributed by atoms with E-state index in [9.17, 15) is 0 Å². The van der Waals surface area contributed by atoms with Crippen LogP contribution < -0.4 is 0 Å². The molecular weight excluding hydrogens is 240 g/mol. The van der Waals surface area contributed by atoms with E-state index < -0.39 is 0 Å². The first-order chi connectivity index (χ1) is 8.65. The highest BCUT2D eigenvalue weighted by Crippen LogP contribution is 2.33. The number of rotatable bonds is 5. The van der Waals surface area contributed by atoms with Crippen LogP contribution in [-0.4, -0.2) is 9.97 Å². The van der Waals surface area contributed by atoms with Gasteiger partial charge in [-0.25, -0.2) is 4.98 Å². The van der Waals surface area contributed by atoms with Gasteiger partial charge in [0, 0.05) is 11.8 Å². The lowest BCUT2D eigenvalue weighted by Crippen LogP contribution is -2.00. The van der Waals surface area contributed by atoms with Crippen molar-refractivity contribution < 1.29 is 0 Å². The molecule has 2 rings (SSSR count). The number of aromatic nitrogens is 2. The number of thiazole rings is 1. The second-order valence-electron chi connectivity index (χ2n) is 5.33. The topological polar surface area (TPSA) is 25.8 Å². The molecule has 0 saturated carbocycles. The Labute approximate surface area is 113 Å². The van der Waals surface area contributed by atoms with E-state index in [0.717, 1.165) is 0 Å². The maximum Gasteiger partial charge on any atom is 0.0880 e. The summed E-state index contributed by atoms with van der Waals surface area (Å²) in [5, 5.41) is 0. The average molecular weight is 262 g/mol. The van der Waals surface area contributed by atoms with E-state index in [4.69, 9.17) is 0 Å². The minimum atomic E-state index is 0.466. The zero-order valence-electron chi connectivity index (χ0n) is 11.7. The number of hydrogen-bond acceptors (Lipinski definition) is 3. The standard InChI is InChI=1S/C15H22N2S/c1-5-6-7-11(4)12-8-16-13(10(2)3)15-14(12)17-9-18-15/h8-11H,5-7H2,1-4H3. The first-order valence-corrected chi connectivity index (χ1v) is 7.75. The molecule has 0 aliphatic rings. The van der Waals surface area contributed by atoms with E-state index in [1.807, 2.05) is 5.51 Å². The predicted octanol–water partition coefficient (Wildman–Crippen LogP) is 5.11. The van der Waals surface area contributed by atoms with Crippen molar-refractivity contribution in [2.75, 3.05) is 0 Å². The molecule has 0 aromatic carbocycles. The molecule has 0 amide bonds. The molecule has 18 heavy (non-hydrogen) atoms. The van der Waals surface area contributed by atoms with Crippen LogP contribution in [0.25, 0.3) is 10.2 Å². The summed E-state index contributed by atoms with van der Waals surface area (Å²) >= 11 is 1.72. The molecule has 1 unspecified atom stereocenters. The van der Waals surface area contributed by atoms with E-state index in [-0.39, 0.29) is 0 Å². The van der Waals surface area contributed by atoms with Crippen molar-refractivity contribution >= 4 is 21.6 Å². The van der Waals surface area contributed by atoms with Crippen molar-refractivity contribution in [3.8, 4) is 0 Å². The van der Waals surface area contributed by atoms with E-state index in [1.54, 1.807) is 11.3 Å². The van der Waals surface area contributed by atoms with Gasteiger partial charge in [-0.1, -0.05) is 40.5 Å². The summed E-state index contributed by atoms with van der Waals surface area (Å²) in [4.78, 5) is 9.25. The first-order valence-electron chi connectivity index (χ1n) is 6.87. The second kappa shape index (κ2) is 5.79. The largest absolute Gasteiger partial charge is 0.259 e. The summed E-state index contributed by atoms with van der Waals surface area (Å²) in [6.07, 6.45) is 5.81. The fourth-order valence-electron chi connectivity index (χ4n) is 2.33. The zero-order valence-corrected chi connectivity index (χ0v) is 12.5. The van der Waals surface area contributed by atoms with Crippen molar-refractivity contribution in [3.63, 3.8) is 0 Å². The lowest BCUT2D eigenvalue weighted by Gasteiger charge is -2.14. The molecule has 0 aliphatic carbocycles.